The van der Waals surface area contributed by atoms with E-state index >= 15 is 0 Å². The van der Waals surface area contributed by atoms with E-state index in [1.165, 1.54) is 12.8 Å². The van der Waals surface area contributed by atoms with Crippen LogP contribution in [-0.4, -0.2) is 51.5 Å². The number of aromatic nitrogens is 3. The van der Waals surface area contributed by atoms with Crippen LogP contribution in [0.2, 0.25) is 0 Å². The quantitative estimate of drug-likeness (QED) is 0.769. The Balaban J connectivity index is 1.30. The molecular weight excluding hydrogens is 370 g/mol. The third kappa shape index (κ3) is 5.19. The fourth-order valence-electron chi connectivity index (χ4n) is 3.70. The second kappa shape index (κ2) is 8.71. The number of aryl methyl sites for hydroxylation is 2. The van der Waals surface area contributed by atoms with Gasteiger partial charge in [0.25, 0.3) is 5.91 Å². The van der Waals surface area contributed by atoms with Gasteiger partial charge in [-0.05, 0) is 50.7 Å². The summed E-state index contributed by atoms with van der Waals surface area (Å²) >= 11 is 0. The van der Waals surface area contributed by atoms with Crippen molar-refractivity contribution in [2.45, 2.75) is 51.4 Å². The minimum atomic E-state index is -0.0624. The molecule has 29 heavy (non-hydrogen) atoms. The Morgan fingerprint density at radius 1 is 1.28 bits per heavy atom. The first-order chi connectivity index (χ1) is 14.1. The third-order valence-electron chi connectivity index (χ3n) is 5.61. The number of piperidine rings is 1. The zero-order valence-corrected chi connectivity index (χ0v) is 16.8. The van der Waals surface area contributed by atoms with Crippen LogP contribution in [0.5, 0.6) is 0 Å². The number of rotatable bonds is 7. The van der Waals surface area contributed by atoms with Crippen LogP contribution in [-0.2, 0) is 11.2 Å². The first-order valence-corrected chi connectivity index (χ1v) is 10.4. The van der Waals surface area contributed by atoms with Crippen LogP contribution in [0.1, 0.15) is 65.8 Å². The summed E-state index contributed by atoms with van der Waals surface area (Å²) in [5.41, 5.74) is 1.53. The maximum absolute atomic E-state index is 12.6. The predicted molar refractivity (Wildman–Crippen MR) is 105 cm³/mol. The van der Waals surface area contributed by atoms with Gasteiger partial charge in [0.1, 0.15) is 0 Å². The van der Waals surface area contributed by atoms with E-state index in [9.17, 15) is 9.59 Å². The van der Waals surface area contributed by atoms with Gasteiger partial charge in [-0.2, -0.15) is 4.98 Å². The molecule has 1 unspecified atom stereocenters. The first kappa shape index (κ1) is 19.5. The average molecular weight is 397 g/mol. The highest BCUT2D eigenvalue weighted by Gasteiger charge is 2.26. The number of hydrogen-bond donors (Lipinski definition) is 1. The highest BCUT2D eigenvalue weighted by molar-refractivity contribution is 5.93. The van der Waals surface area contributed by atoms with E-state index in [0.29, 0.717) is 42.6 Å². The highest BCUT2D eigenvalue weighted by Crippen LogP contribution is 2.28. The zero-order valence-electron chi connectivity index (χ0n) is 16.8. The number of nitrogens with one attached hydrogen (secondary N) is 1. The molecule has 0 aromatic carbocycles. The van der Waals surface area contributed by atoms with Crippen molar-refractivity contribution >= 4 is 11.8 Å². The number of nitrogens with zero attached hydrogens (tertiary/aromatic N) is 4. The number of carbonyl (C=O) groups is 2. The number of carbonyl (C=O) groups excluding carboxylic acids is 2. The lowest BCUT2D eigenvalue weighted by Gasteiger charge is -2.32. The Hall–Kier alpha value is -2.77. The minimum Gasteiger partial charge on any atom is -0.352 e. The molecule has 4 rings (SSSR count). The van der Waals surface area contributed by atoms with Gasteiger partial charge in [-0.1, -0.05) is 5.16 Å². The molecule has 1 aliphatic heterocycles. The largest absolute Gasteiger partial charge is 0.352 e. The molecule has 3 heterocycles. The third-order valence-corrected chi connectivity index (χ3v) is 5.61. The van der Waals surface area contributed by atoms with Crippen LogP contribution in [0, 0.1) is 12.8 Å². The fourth-order valence-corrected chi connectivity index (χ4v) is 3.70. The average Bonchev–Trinajstić information content (AvgIpc) is 3.50. The van der Waals surface area contributed by atoms with Gasteiger partial charge in [0.15, 0.2) is 5.82 Å². The summed E-state index contributed by atoms with van der Waals surface area (Å²) < 4.78 is 5.08. The number of hydrogen-bond acceptors (Lipinski definition) is 6. The van der Waals surface area contributed by atoms with Crippen molar-refractivity contribution in [2.24, 2.45) is 5.92 Å². The summed E-state index contributed by atoms with van der Waals surface area (Å²) in [7, 11) is 0. The molecule has 0 radical (unpaired) electrons. The minimum absolute atomic E-state index is 0.0624. The van der Waals surface area contributed by atoms with Crippen LogP contribution in [0.3, 0.4) is 0 Å². The second-order valence-electron chi connectivity index (χ2n) is 8.04. The molecule has 2 aromatic heterocycles. The molecule has 1 N–H and O–H groups in total. The van der Waals surface area contributed by atoms with Gasteiger partial charge in [0.2, 0.25) is 11.8 Å². The van der Waals surface area contributed by atoms with Crippen molar-refractivity contribution in [3.05, 3.63) is 41.3 Å². The monoisotopic (exact) mass is 397 g/mol. The standard InChI is InChI=1S/C21H27N5O3/c1-14-24-19(29-25-14)8-9-20(27)26-10-2-3-17(13-26)18-7-6-16(12-22-18)21(28)23-11-15-4-5-15/h6-7,12,15,17H,2-5,8-11,13H2,1H3,(H,23,28). The maximum atomic E-state index is 12.6. The predicted octanol–water partition coefficient (Wildman–Crippen LogP) is 2.25. The van der Waals surface area contributed by atoms with E-state index in [2.05, 4.69) is 20.4 Å². The van der Waals surface area contributed by atoms with Crippen LogP contribution >= 0.6 is 0 Å². The fraction of sp³-hybridized carbons (Fsp3) is 0.571. The van der Waals surface area contributed by atoms with E-state index < -0.39 is 0 Å². The van der Waals surface area contributed by atoms with Crippen molar-refractivity contribution in [3.8, 4) is 0 Å². The van der Waals surface area contributed by atoms with Crippen molar-refractivity contribution in [3.63, 3.8) is 0 Å². The molecule has 2 aliphatic rings. The SMILES string of the molecule is Cc1noc(CCC(=O)N2CCCC(c3ccc(C(=O)NCC4CC4)cn3)C2)n1. The van der Waals surface area contributed by atoms with Crippen molar-refractivity contribution in [1.82, 2.24) is 25.3 Å². The Labute approximate surface area is 170 Å². The molecule has 1 atom stereocenters. The molecule has 1 saturated carbocycles. The lowest BCUT2D eigenvalue weighted by atomic mass is 9.93. The van der Waals surface area contributed by atoms with E-state index in [1.54, 1.807) is 13.1 Å². The Bertz CT molecular complexity index is 859. The van der Waals surface area contributed by atoms with Gasteiger partial charge < -0.3 is 14.7 Å². The van der Waals surface area contributed by atoms with Crippen molar-refractivity contribution < 1.29 is 14.1 Å². The molecule has 8 nitrogen and oxygen atoms in total. The molecule has 1 aliphatic carbocycles. The van der Waals surface area contributed by atoms with Gasteiger partial charge in [-0.15, -0.1) is 0 Å². The summed E-state index contributed by atoms with van der Waals surface area (Å²) in [6.07, 6.45) is 6.84. The molecule has 154 valence electrons. The summed E-state index contributed by atoms with van der Waals surface area (Å²) in [5, 5.41) is 6.72. The van der Waals surface area contributed by atoms with Crippen molar-refractivity contribution in [2.75, 3.05) is 19.6 Å². The Kier molecular flexibility index (Phi) is 5.87. The number of likely N-dealkylation sites (tertiary alicyclic amines) is 1. The van der Waals surface area contributed by atoms with E-state index in [-0.39, 0.29) is 17.7 Å². The first-order valence-electron chi connectivity index (χ1n) is 10.4. The molecule has 1 saturated heterocycles. The highest BCUT2D eigenvalue weighted by atomic mass is 16.5. The lowest BCUT2D eigenvalue weighted by Crippen LogP contribution is -2.39. The van der Waals surface area contributed by atoms with Gasteiger partial charge in [-0.3, -0.25) is 14.6 Å². The molecule has 2 fully saturated rings. The second-order valence-corrected chi connectivity index (χ2v) is 8.04. The van der Waals surface area contributed by atoms with E-state index in [4.69, 9.17) is 4.52 Å². The summed E-state index contributed by atoms with van der Waals surface area (Å²) in [6, 6.07) is 3.76. The van der Waals surface area contributed by atoms with Gasteiger partial charge in [0.05, 0.1) is 5.56 Å². The van der Waals surface area contributed by atoms with Gasteiger partial charge in [0, 0.05) is 50.3 Å². The zero-order chi connectivity index (χ0) is 20.2. The molecule has 2 aromatic rings. The molecule has 8 heteroatoms. The number of amides is 2. The topological polar surface area (TPSA) is 101 Å². The normalized spacial score (nSPS) is 19.2. The molecule has 2 amide bonds. The molecule has 0 bridgehead atoms. The Morgan fingerprint density at radius 2 is 2.14 bits per heavy atom. The maximum Gasteiger partial charge on any atom is 0.252 e. The van der Waals surface area contributed by atoms with Crippen LogP contribution in [0.4, 0.5) is 0 Å². The van der Waals surface area contributed by atoms with Crippen LogP contribution in [0.25, 0.3) is 0 Å². The van der Waals surface area contributed by atoms with E-state index in [0.717, 1.165) is 31.6 Å². The summed E-state index contributed by atoms with van der Waals surface area (Å²) in [6.45, 7) is 3.93. The molecular formula is C21H27N5O3. The van der Waals surface area contributed by atoms with Gasteiger partial charge >= 0.3 is 0 Å². The lowest BCUT2D eigenvalue weighted by molar-refractivity contribution is -0.132. The van der Waals surface area contributed by atoms with E-state index in [1.807, 2.05) is 17.0 Å². The van der Waals surface area contributed by atoms with Crippen molar-refractivity contribution in [1.29, 1.82) is 0 Å². The Morgan fingerprint density at radius 3 is 2.83 bits per heavy atom. The summed E-state index contributed by atoms with van der Waals surface area (Å²) in [5.74, 6) is 1.97. The smallest absolute Gasteiger partial charge is 0.252 e. The number of pyridine rings is 1. The van der Waals surface area contributed by atoms with Crippen LogP contribution in [0.15, 0.2) is 22.9 Å². The molecule has 0 spiro atoms. The van der Waals surface area contributed by atoms with Gasteiger partial charge in [-0.25, -0.2) is 0 Å². The summed E-state index contributed by atoms with van der Waals surface area (Å²) in [4.78, 5) is 35.3. The van der Waals surface area contributed by atoms with Crippen LogP contribution < -0.4 is 5.32 Å².